The number of carbonyl (C=O) groups is 1. The minimum atomic E-state index is -0.176. The van der Waals surface area contributed by atoms with Crippen LogP contribution >= 0.6 is 0 Å². The molecule has 3 heteroatoms. The smallest absolute Gasteiger partial charge is 0.226 e. The fraction of sp³-hybridized carbons (Fsp3) is 0.952. The summed E-state index contributed by atoms with van der Waals surface area (Å²) in [4.78, 5) is 12.8. The highest BCUT2D eigenvalue weighted by Crippen LogP contribution is 2.31. The topological polar surface area (TPSA) is 29.1 Å². The molecule has 0 heterocycles. The van der Waals surface area contributed by atoms with Gasteiger partial charge in [-0.25, -0.2) is 0 Å². The Hall–Kier alpha value is -0.570. The zero-order chi connectivity index (χ0) is 18.5. The van der Waals surface area contributed by atoms with Crippen molar-refractivity contribution in [2.45, 2.75) is 91.4 Å². The summed E-state index contributed by atoms with van der Waals surface area (Å²) < 4.78 is 0.893. The van der Waals surface area contributed by atoms with Gasteiger partial charge in [-0.05, 0) is 12.8 Å². The molecule has 0 bridgehead atoms. The molecular weight excluding hydrogens is 296 g/mol. The van der Waals surface area contributed by atoms with Gasteiger partial charge in [-0.3, -0.25) is 4.79 Å². The second-order valence-corrected chi connectivity index (χ2v) is 8.81. The number of carbonyl (C=O) groups excluding carboxylic acids is 1. The Balaban J connectivity index is 4.43. The monoisotopic (exact) mass is 341 g/mol. The lowest BCUT2D eigenvalue weighted by Crippen LogP contribution is -2.45. The number of likely N-dealkylation sites (N-methyl/N-ethyl adjacent to an activating group) is 1. The van der Waals surface area contributed by atoms with Crippen LogP contribution in [0.3, 0.4) is 0 Å². The highest BCUT2D eigenvalue weighted by Gasteiger charge is 2.32. The minimum Gasteiger partial charge on any atom is -0.350 e. The van der Waals surface area contributed by atoms with Gasteiger partial charge in [0.2, 0.25) is 5.91 Å². The average molecular weight is 342 g/mol. The summed E-state index contributed by atoms with van der Waals surface area (Å²) >= 11 is 0. The molecule has 0 fully saturated rings. The Kier molecular flexibility index (Phi) is 12.4. The Labute approximate surface area is 152 Å². The van der Waals surface area contributed by atoms with Gasteiger partial charge in [-0.1, -0.05) is 78.6 Å². The van der Waals surface area contributed by atoms with E-state index in [1.54, 1.807) is 0 Å². The van der Waals surface area contributed by atoms with Crippen molar-refractivity contribution in [3.05, 3.63) is 0 Å². The molecule has 1 N–H and O–H groups in total. The first-order valence-corrected chi connectivity index (χ1v) is 10.3. The maximum atomic E-state index is 12.8. The standard InChI is InChI=1S/C21H44N2O/c1-7-9-11-13-15-17-21(3,16-14-12-10-8-2)20(24)22-18-19-23(4,5)6/h7-19H2,1-6H3/p+1. The van der Waals surface area contributed by atoms with Gasteiger partial charge in [0.1, 0.15) is 0 Å². The van der Waals surface area contributed by atoms with E-state index in [1.807, 2.05) is 0 Å². The van der Waals surface area contributed by atoms with Gasteiger partial charge in [-0.15, -0.1) is 0 Å². The third-order valence-electron chi connectivity index (χ3n) is 5.03. The lowest BCUT2D eigenvalue weighted by molar-refractivity contribution is -0.869. The lowest BCUT2D eigenvalue weighted by atomic mass is 9.78. The van der Waals surface area contributed by atoms with Crippen LogP contribution in [0.4, 0.5) is 0 Å². The Morgan fingerprint density at radius 1 is 0.833 bits per heavy atom. The summed E-state index contributed by atoms with van der Waals surface area (Å²) in [5.74, 6) is 0.280. The molecule has 0 saturated carbocycles. The van der Waals surface area contributed by atoms with E-state index in [9.17, 15) is 4.79 Å². The van der Waals surface area contributed by atoms with Crippen molar-refractivity contribution in [1.29, 1.82) is 0 Å². The van der Waals surface area contributed by atoms with Crippen LogP contribution in [-0.4, -0.2) is 44.6 Å². The van der Waals surface area contributed by atoms with E-state index < -0.39 is 0 Å². The van der Waals surface area contributed by atoms with Gasteiger partial charge in [0.25, 0.3) is 0 Å². The number of nitrogens with one attached hydrogen (secondary N) is 1. The summed E-state index contributed by atoms with van der Waals surface area (Å²) in [5, 5.41) is 3.22. The molecule has 0 aromatic carbocycles. The second kappa shape index (κ2) is 12.7. The summed E-state index contributed by atoms with van der Waals surface area (Å²) in [7, 11) is 6.51. The molecular formula is C21H45N2O+. The van der Waals surface area contributed by atoms with E-state index in [1.165, 1.54) is 57.8 Å². The van der Waals surface area contributed by atoms with Crippen molar-refractivity contribution < 1.29 is 9.28 Å². The normalized spacial score (nSPS) is 14.4. The van der Waals surface area contributed by atoms with Gasteiger partial charge in [-0.2, -0.15) is 0 Å². The molecule has 0 saturated heterocycles. The molecule has 3 nitrogen and oxygen atoms in total. The van der Waals surface area contributed by atoms with Crippen LogP contribution < -0.4 is 5.32 Å². The predicted octanol–water partition coefficient (Wildman–Crippen LogP) is 5.15. The molecule has 144 valence electrons. The minimum absolute atomic E-state index is 0.176. The van der Waals surface area contributed by atoms with Crippen LogP contribution in [-0.2, 0) is 4.79 Å². The number of amides is 1. The molecule has 24 heavy (non-hydrogen) atoms. The molecule has 0 aromatic rings. The Bertz CT molecular complexity index is 322. The molecule has 0 radical (unpaired) electrons. The van der Waals surface area contributed by atoms with Crippen molar-refractivity contribution >= 4 is 5.91 Å². The highest BCUT2D eigenvalue weighted by atomic mass is 16.2. The van der Waals surface area contributed by atoms with Crippen LogP contribution in [0.1, 0.15) is 91.4 Å². The Morgan fingerprint density at radius 3 is 1.75 bits per heavy atom. The summed E-state index contributed by atoms with van der Waals surface area (Å²) in [6.07, 6.45) is 13.4. The van der Waals surface area contributed by atoms with Crippen molar-refractivity contribution in [2.75, 3.05) is 34.2 Å². The third kappa shape index (κ3) is 11.9. The fourth-order valence-electron chi connectivity index (χ4n) is 3.13. The van der Waals surface area contributed by atoms with Gasteiger partial charge in [0.15, 0.2) is 0 Å². The van der Waals surface area contributed by atoms with Crippen LogP contribution in [0.15, 0.2) is 0 Å². The maximum Gasteiger partial charge on any atom is 0.226 e. The van der Waals surface area contributed by atoms with Crippen LogP contribution in [0.25, 0.3) is 0 Å². The molecule has 0 aliphatic heterocycles. The molecule has 0 spiro atoms. The van der Waals surface area contributed by atoms with Crippen molar-refractivity contribution in [2.24, 2.45) is 5.41 Å². The lowest BCUT2D eigenvalue weighted by Gasteiger charge is -2.30. The molecule has 1 amide bonds. The number of unbranched alkanes of at least 4 members (excludes halogenated alkanes) is 7. The Morgan fingerprint density at radius 2 is 1.29 bits per heavy atom. The van der Waals surface area contributed by atoms with E-state index in [0.29, 0.717) is 0 Å². The molecule has 0 rings (SSSR count). The van der Waals surface area contributed by atoms with E-state index in [0.717, 1.165) is 30.4 Å². The van der Waals surface area contributed by atoms with Gasteiger partial charge in [0, 0.05) is 5.41 Å². The second-order valence-electron chi connectivity index (χ2n) is 8.81. The van der Waals surface area contributed by atoms with Crippen molar-refractivity contribution in [1.82, 2.24) is 5.32 Å². The number of quaternary nitrogens is 1. The third-order valence-corrected chi connectivity index (χ3v) is 5.03. The molecule has 1 atom stereocenters. The SMILES string of the molecule is CCCCCCCC(C)(CCCCCC)C(=O)NCC[N+](C)(C)C. The van der Waals surface area contributed by atoms with E-state index in [2.05, 4.69) is 47.2 Å². The maximum absolute atomic E-state index is 12.8. The van der Waals surface area contributed by atoms with Gasteiger partial charge < -0.3 is 9.80 Å². The van der Waals surface area contributed by atoms with E-state index in [4.69, 9.17) is 0 Å². The van der Waals surface area contributed by atoms with Crippen molar-refractivity contribution in [3.63, 3.8) is 0 Å². The number of hydrogen-bond acceptors (Lipinski definition) is 1. The molecule has 1 unspecified atom stereocenters. The van der Waals surface area contributed by atoms with Crippen LogP contribution in [0.2, 0.25) is 0 Å². The van der Waals surface area contributed by atoms with Gasteiger partial charge in [0.05, 0.1) is 34.2 Å². The molecule has 0 aromatic heterocycles. The largest absolute Gasteiger partial charge is 0.350 e. The highest BCUT2D eigenvalue weighted by molar-refractivity contribution is 5.82. The van der Waals surface area contributed by atoms with Crippen LogP contribution in [0.5, 0.6) is 0 Å². The molecule has 0 aliphatic carbocycles. The van der Waals surface area contributed by atoms with Gasteiger partial charge >= 0.3 is 0 Å². The zero-order valence-corrected chi connectivity index (χ0v) is 17.5. The number of nitrogens with zero attached hydrogens (tertiary/aromatic N) is 1. The first-order chi connectivity index (χ1) is 11.2. The van der Waals surface area contributed by atoms with Crippen molar-refractivity contribution in [3.8, 4) is 0 Å². The summed E-state index contributed by atoms with van der Waals surface area (Å²) in [5.41, 5.74) is -0.176. The average Bonchev–Trinajstić information content (AvgIpc) is 2.50. The summed E-state index contributed by atoms with van der Waals surface area (Å²) in [6.45, 7) is 8.44. The fourth-order valence-corrected chi connectivity index (χ4v) is 3.13. The number of rotatable bonds is 15. The van der Waals surface area contributed by atoms with Crippen LogP contribution in [0, 0.1) is 5.41 Å². The van der Waals surface area contributed by atoms with E-state index >= 15 is 0 Å². The summed E-state index contributed by atoms with van der Waals surface area (Å²) in [6, 6.07) is 0. The quantitative estimate of drug-likeness (QED) is 0.324. The number of hydrogen-bond donors (Lipinski definition) is 1. The first kappa shape index (κ1) is 23.4. The zero-order valence-electron chi connectivity index (χ0n) is 17.5. The first-order valence-electron chi connectivity index (χ1n) is 10.3. The molecule has 0 aliphatic rings. The predicted molar refractivity (Wildman–Crippen MR) is 106 cm³/mol. The van der Waals surface area contributed by atoms with E-state index in [-0.39, 0.29) is 11.3 Å².